The van der Waals surface area contributed by atoms with Gasteiger partial charge in [0.05, 0.1) is 0 Å². The average Bonchev–Trinajstić information content (AvgIpc) is 3.03. The van der Waals surface area contributed by atoms with Crippen molar-refractivity contribution < 1.29 is 65.7 Å². The summed E-state index contributed by atoms with van der Waals surface area (Å²) in [5.41, 5.74) is 0.656. The fourth-order valence-electron chi connectivity index (χ4n) is 4.62. The third kappa shape index (κ3) is 24.2. The van der Waals surface area contributed by atoms with E-state index in [1.807, 2.05) is 0 Å². The molecule has 0 fully saturated rings. The molecule has 3 nitrogen and oxygen atoms in total. The summed E-state index contributed by atoms with van der Waals surface area (Å²) in [6.45, 7) is 38.2. The molecule has 0 aromatic heterocycles. The van der Waals surface area contributed by atoms with Crippen LogP contribution in [0.1, 0.15) is 125 Å². The van der Waals surface area contributed by atoms with Crippen LogP contribution in [-0.4, -0.2) is 61.5 Å². The standard InChI is InChI=1S/C8H4F9Ge.3C8H18N.Zr/c9-6(10,11)18(7(12,13)14,8(15,16)17)5-3-1-2-4-5;3*1-7(2,3)9-8(4,5)6;/h1-4H;3*1-6H3;/q4*-1;+4. The third-order valence-corrected chi connectivity index (χ3v) is 12.3. The van der Waals surface area contributed by atoms with Crippen molar-refractivity contribution in [3.63, 3.8) is 0 Å². The Hall–Kier alpha value is 0.0260. The zero-order chi connectivity index (χ0) is 37.5. The molecule has 46 heavy (non-hydrogen) atoms. The average molecular weight is 820 g/mol. The first kappa shape index (κ1) is 52.8. The largest absolute Gasteiger partial charge is 4.00 e. The van der Waals surface area contributed by atoms with Gasteiger partial charge in [0.25, 0.3) is 0 Å². The van der Waals surface area contributed by atoms with Crippen molar-refractivity contribution in [2.45, 2.75) is 173 Å². The van der Waals surface area contributed by atoms with Gasteiger partial charge in [-0.05, 0) is 0 Å². The van der Waals surface area contributed by atoms with E-state index < -0.39 is 32.7 Å². The van der Waals surface area contributed by atoms with Crippen molar-refractivity contribution in [3.8, 4) is 0 Å². The molecule has 14 heteroatoms. The van der Waals surface area contributed by atoms with E-state index in [1.54, 1.807) is 0 Å². The second-order valence-corrected chi connectivity index (χ2v) is 24.7. The minimum absolute atomic E-state index is 0. The number of hydrogen-bond donors (Lipinski definition) is 0. The molecule has 0 bridgehead atoms. The summed E-state index contributed by atoms with van der Waals surface area (Å²) in [4.78, 5) is 0. The molecule has 0 unspecified atom stereocenters. The smallest absolute Gasteiger partial charge is 4.00 e. The zero-order valence-electron chi connectivity index (χ0n) is 31.1. The molecule has 0 amide bonds. The molecule has 1 aromatic carbocycles. The molecule has 1 aromatic rings. The molecule has 1 rings (SSSR count). The van der Waals surface area contributed by atoms with Crippen molar-refractivity contribution in [2.75, 3.05) is 0 Å². The second-order valence-electron chi connectivity index (χ2n) is 16.8. The van der Waals surface area contributed by atoms with Crippen LogP contribution >= 0.6 is 0 Å². The van der Waals surface area contributed by atoms with Gasteiger partial charge in [0.2, 0.25) is 0 Å². The van der Waals surface area contributed by atoms with Crippen molar-refractivity contribution >= 4 is 17.7 Å². The minimum atomic E-state index is -8.38. The molecule has 0 saturated heterocycles. The van der Waals surface area contributed by atoms with E-state index in [1.165, 1.54) is 0 Å². The van der Waals surface area contributed by atoms with Gasteiger partial charge in [-0.3, -0.25) is 0 Å². The molecule has 0 aliphatic heterocycles. The molecule has 0 spiro atoms. The molecular weight excluding hydrogens is 761 g/mol. The van der Waals surface area contributed by atoms with Gasteiger partial charge in [0.15, 0.2) is 0 Å². The number of halogens is 9. The summed E-state index contributed by atoms with van der Waals surface area (Å²) in [5.74, 6) is 0. The monoisotopic (exact) mass is 819 g/mol. The Morgan fingerprint density at radius 3 is 0.609 bits per heavy atom. The normalized spacial score (nSPS) is 14.1. The number of nitrogens with zero attached hydrogens (tertiary/aromatic N) is 3. The Morgan fingerprint density at radius 1 is 0.370 bits per heavy atom. The van der Waals surface area contributed by atoms with Gasteiger partial charge >= 0.3 is 123 Å². The fourth-order valence-corrected chi connectivity index (χ4v) is 10.2. The van der Waals surface area contributed by atoms with Gasteiger partial charge in [-0.2, -0.15) is 0 Å². The number of rotatable bonds is 1. The van der Waals surface area contributed by atoms with Gasteiger partial charge in [0.1, 0.15) is 0 Å². The summed E-state index contributed by atoms with van der Waals surface area (Å²) >= 11 is -8.38. The van der Waals surface area contributed by atoms with E-state index in [0.29, 0.717) is 0 Å². The Labute approximate surface area is 295 Å². The van der Waals surface area contributed by atoms with E-state index in [9.17, 15) is 39.5 Å². The van der Waals surface area contributed by atoms with Gasteiger partial charge in [-0.25, -0.2) is 0 Å². The van der Waals surface area contributed by atoms with Crippen LogP contribution in [0.25, 0.3) is 16.0 Å². The second kappa shape index (κ2) is 17.8. The molecule has 272 valence electrons. The van der Waals surface area contributed by atoms with Crippen LogP contribution in [-0.2, 0) is 26.2 Å². The van der Waals surface area contributed by atoms with Gasteiger partial charge < -0.3 is 16.0 Å². The van der Waals surface area contributed by atoms with Crippen molar-refractivity contribution in [1.29, 1.82) is 0 Å². The Bertz CT molecular complexity index is 812. The number of hydrogen-bond acceptors (Lipinski definition) is 0. The van der Waals surface area contributed by atoms with Crippen LogP contribution in [0.5, 0.6) is 0 Å². The molecular formula is C32H58F9GeN3Zr. The summed E-state index contributed by atoms with van der Waals surface area (Å²) in [7, 11) is 0. The Balaban J connectivity index is -0.000000271. The van der Waals surface area contributed by atoms with Crippen molar-refractivity contribution in [3.05, 3.63) is 40.2 Å². The maximum Gasteiger partial charge on any atom is 4.00 e. The Kier molecular flexibility index (Phi) is 20.4. The first-order valence-corrected chi connectivity index (χ1v) is 18.8. The van der Waals surface area contributed by atoms with Crippen LogP contribution in [0.4, 0.5) is 39.5 Å². The molecule has 0 heterocycles. The van der Waals surface area contributed by atoms with Gasteiger partial charge in [0, 0.05) is 0 Å². The molecule has 0 atom stereocenters. The maximum absolute atomic E-state index is 12.6. The quantitative estimate of drug-likeness (QED) is 0.154. The predicted molar refractivity (Wildman–Crippen MR) is 174 cm³/mol. The first-order chi connectivity index (χ1) is 19.0. The first-order valence-electron chi connectivity index (χ1n) is 14.6. The Morgan fingerprint density at radius 2 is 0.522 bits per heavy atom. The summed E-state index contributed by atoms with van der Waals surface area (Å²) in [6, 6.07) is 1.90. The van der Waals surface area contributed by atoms with E-state index >= 15 is 0 Å². The molecule has 0 radical (unpaired) electrons. The predicted octanol–water partition coefficient (Wildman–Crippen LogP) is 12.2. The molecule has 0 N–H and O–H groups in total. The third-order valence-electron chi connectivity index (χ3n) is 4.38. The van der Waals surface area contributed by atoms with E-state index in [-0.39, 0.29) is 71.6 Å². The SMILES string of the molecule is CC(C)(C)[N-]C(C)(C)C.CC(C)(C)[N-]C(C)(C)C.CC(C)(C)[N-]C(C)(C)C.F[C](F)(F)[Ge]([c-]1cccc1)([C](F)(F)F)[C](F)(F)F.[Zr+4]. The molecule has 0 aliphatic rings. The topological polar surface area (TPSA) is 42.3 Å². The van der Waals surface area contributed by atoms with E-state index in [2.05, 4.69) is 141 Å². The van der Waals surface area contributed by atoms with Gasteiger partial charge in [-0.1, -0.05) is 125 Å². The maximum atomic E-state index is 12.6. The molecule has 0 saturated carbocycles. The van der Waals surface area contributed by atoms with Crippen LogP contribution in [0.15, 0.2) is 24.3 Å². The zero-order valence-corrected chi connectivity index (χ0v) is 35.6. The van der Waals surface area contributed by atoms with E-state index in [4.69, 9.17) is 0 Å². The molecule has 0 aliphatic carbocycles. The van der Waals surface area contributed by atoms with E-state index in [0.717, 1.165) is 12.1 Å². The minimum Gasteiger partial charge on any atom is 4.00 e. The summed E-state index contributed by atoms with van der Waals surface area (Å²) in [6.07, 6.45) is 0. The van der Waals surface area contributed by atoms with Crippen LogP contribution in [0.2, 0.25) is 0 Å². The van der Waals surface area contributed by atoms with Crippen LogP contribution < -0.4 is 4.40 Å². The summed E-state index contributed by atoms with van der Waals surface area (Å²) < 4.78 is 111. The number of alkyl halides is 9. The van der Waals surface area contributed by atoms with Crippen LogP contribution in [0, 0.1) is 0 Å². The van der Waals surface area contributed by atoms with Crippen LogP contribution in [0.3, 0.4) is 0 Å². The summed E-state index contributed by atoms with van der Waals surface area (Å²) in [5, 5.41) is -5.44. The van der Waals surface area contributed by atoms with Crippen molar-refractivity contribution in [1.82, 2.24) is 0 Å². The fraction of sp³-hybridized carbons (Fsp3) is 0.844. The van der Waals surface area contributed by atoms with Crippen molar-refractivity contribution in [2.24, 2.45) is 0 Å². The van der Waals surface area contributed by atoms with Gasteiger partial charge in [-0.15, -0.1) is 33.2 Å².